The average molecular weight is 482 g/mol. The van der Waals surface area contributed by atoms with E-state index >= 15 is 0 Å². The van der Waals surface area contributed by atoms with Gasteiger partial charge in [-0.1, -0.05) is 11.6 Å². The molecular weight excluding hydrogens is 446 g/mol. The van der Waals surface area contributed by atoms with Gasteiger partial charge in [0.05, 0.1) is 12.1 Å². The van der Waals surface area contributed by atoms with Crippen molar-refractivity contribution in [3.8, 4) is 5.88 Å². The Kier molecular flexibility index (Phi) is 8.28. The highest BCUT2D eigenvalue weighted by atomic mass is 35.5. The Balaban J connectivity index is 1.42. The van der Waals surface area contributed by atoms with Crippen LogP contribution in [0.4, 0.5) is 10.6 Å². The second-order valence-corrected chi connectivity index (χ2v) is 10.3. The summed E-state index contributed by atoms with van der Waals surface area (Å²) in [4.78, 5) is 33.3. The molecule has 3 rings (SSSR count). The van der Waals surface area contributed by atoms with E-state index in [1.54, 1.807) is 0 Å². The third kappa shape index (κ3) is 7.11. The maximum Gasteiger partial charge on any atom is 0.410 e. The van der Waals surface area contributed by atoms with Crippen molar-refractivity contribution in [2.75, 3.05) is 45.6 Å². The fraction of sp³-hybridized carbons (Fsp3) is 0.696. The van der Waals surface area contributed by atoms with E-state index in [1.807, 2.05) is 25.7 Å². The van der Waals surface area contributed by atoms with Gasteiger partial charge in [-0.05, 0) is 58.4 Å². The van der Waals surface area contributed by atoms with Gasteiger partial charge < -0.3 is 30.3 Å². The Morgan fingerprint density at radius 2 is 1.82 bits per heavy atom. The number of methoxy groups -OCH3 is 1. The van der Waals surface area contributed by atoms with Crippen LogP contribution in [-0.4, -0.2) is 78.3 Å². The number of rotatable bonds is 5. The number of piperidine rings is 2. The second-order valence-electron chi connectivity index (χ2n) is 9.87. The van der Waals surface area contributed by atoms with Crippen LogP contribution in [0.2, 0.25) is 5.02 Å². The minimum atomic E-state index is -0.463. The summed E-state index contributed by atoms with van der Waals surface area (Å²) >= 11 is 6.04. The van der Waals surface area contributed by atoms with Gasteiger partial charge >= 0.3 is 6.09 Å². The van der Waals surface area contributed by atoms with Gasteiger partial charge in [-0.15, -0.1) is 0 Å². The average Bonchev–Trinajstić information content (AvgIpc) is 2.76. The van der Waals surface area contributed by atoms with E-state index in [0.29, 0.717) is 5.92 Å². The standard InChI is InChI=1S/C23H36ClN5O4/c1-23(2,3)33-22(31)29-11-5-15(6-12-29)14-28-9-7-16(8-10-28)26-20(30)17-13-18(24)19(25)27-21(17)32-4/h13,15-16H,5-12,14H2,1-4H3,(H2,25,27)(H,26,30). The number of anilines is 1. The molecule has 33 heavy (non-hydrogen) atoms. The van der Waals surface area contributed by atoms with Crippen molar-refractivity contribution in [1.82, 2.24) is 20.1 Å². The maximum absolute atomic E-state index is 12.7. The number of nitrogens with two attached hydrogens (primary N) is 1. The molecule has 9 nitrogen and oxygen atoms in total. The molecule has 0 spiro atoms. The predicted molar refractivity (Wildman–Crippen MR) is 128 cm³/mol. The van der Waals surface area contributed by atoms with Crippen molar-refractivity contribution in [3.63, 3.8) is 0 Å². The van der Waals surface area contributed by atoms with Crippen LogP contribution in [0.3, 0.4) is 0 Å². The topological polar surface area (TPSA) is 110 Å². The molecule has 3 heterocycles. The van der Waals surface area contributed by atoms with Crippen LogP contribution in [0.15, 0.2) is 6.07 Å². The Hall–Kier alpha value is -2.26. The number of ether oxygens (including phenoxy) is 2. The summed E-state index contributed by atoms with van der Waals surface area (Å²) in [5.41, 5.74) is 5.53. The fourth-order valence-electron chi connectivity index (χ4n) is 4.32. The van der Waals surface area contributed by atoms with Gasteiger partial charge in [-0.25, -0.2) is 4.79 Å². The van der Waals surface area contributed by atoms with Crippen LogP contribution in [0, 0.1) is 5.92 Å². The highest BCUT2D eigenvalue weighted by Crippen LogP contribution is 2.26. The lowest BCUT2D eigenvalue weighted by Crippen LogP contribution is -2.47. The maximum atomic E-state index is 12.7. The largest absolute Gasteiger partial charge is 0.480 e. The van der Waals surface area contributed by atoms with E-state index in [0.717, 1.165) is 58.4 Å². The zero-order valence-corrected chi connectivity index (χ0v) is 20.8. The third-order valence-electron chi connectivity index (χ3n) is 6.11. The Morgan fingerprint density at radius 1 is 1.18 bits per heavy atom. The summed E-state index contributed by atoms with van der Waals surface area (Å²) in [6, 6.07) is 1.58. The van der Waals surface area contributed by atoms with E-state index in [9.17, 15) is 9.59 Å². The molecule has 2 aliphatic heterocycles. The number of nitrogens with one attached hydrogen (secondary N) is 1. The van der Waals surface area contributed by atoms with Gasteiger partial charge in [-0.3, -0.25) is 4.79 Å². The Labute approximate surface area is 200 Å². The SMILES string of the molecule is COc1nc(N)c(Cl)cc1C(=O)NC1CCN(CC2CCN(C(=O)OC(C)(C)C)CC2)CC1. The summed E-state index contributed by atoms with van der Waals surface area (Å²) in [7, 11) is 1.45. The number of hydrogen-bond donors (Lipinski definition) is 2. The molecule has 0 atom stereocenters. The first-order valence-electron chi connectivity index (χ1n) is 11.6. The highest BCUT2D eigenvalue weighted by Gasteiger charge is 2.29. The Bertz CT molecular complexity index is 844. The number of carbonyl (C=O) groups is 2. The fourth-order valence-corrected chi connectivity index (χ4v) is 4.47. The van der Waals surface area contributed by atoms with Crippen molar-refractivity contribution < 1.29 is 19.1 Å². The summed E-state index contributed by atoms with van der Waals surface area (Å²) in [6.45, 7) is 10.0. The molecule has 1 aromatic rings. The van der Waals surface area contributed by atoms with Crippen LogP contribution >= 0.6 is 11.6 Å². The van der Waals surface area contributed by atoms with Gasteiger partial charge in [0.25, 0.3) is 5.91 Å². The lowest BCUT2D eigenvalue weighted by atomic mass is 9.95. The molecule has 184 valence electrons. The minimum absolute atomic E-state index is 0.0869. The number of pyridine rings is 1. The smallest absolute Gasteiger partial charge is 0.410 e. The molecular formula is C23H36ClN5O4. The van der Waals surface area contributed by atoms with Crippen molar-refractivity contribution in [2.24, 2.45) is 5.92 Å². The van der Waals surface area contributed by atoms with Crippen LogP contribution in [-0.2, 0) is 4.74 Å². The number of likely N-dealkylation sites (tertiary alicyclic amines) is 2. The highest BCUT2D eigenvalue weighted by molar-refractivity contribution is 6.33. The molecule has 1 aromatic heterocycles. The molecule has 2 amide bonds. The molecule has 10 heteroatoms. The molecule has 2 aliphatic rings. The number of hydrogen-bond acceptors (Lipinski definition) is 7. The van der Waals surface area contributed by atoms with Crippen LogP contribution in [0.1, 0.15) is 56.8 Å². The van der Waals surface area contributed by atoms with Gasteiger partial charge in [-0.2, -0.15) is 4.98 Å². The van der Waals surface area contributed by atoms with Crippen molar-refractivity contribution >= 4 is 29.4 Å². The van der Waals surface area contributed by atoms with E-state index in [-0.39, 0.29) is 40.3 Å². The monoisotopic (exact) mass is 481 g/mol. The first kappa shape index (κ1) is 25.4. The van der Waals surface area contributed by atoms with Crippen LogP contribution in [0.25, 0.3) is 0 Å². The molecule has 2 fully saturated rings. The molecule has 3 N–H and O–H groups in total. The lowest BCUT2D eigenvalue weighted by Gasteiger charge is -2.38. The van der Waals surface area contributed by atoms with E-state index < -0.39 is 5.60 Å². The van der Waals surface area contributed by atoms with Crippen molar-refractivity contribution in [1.29, 1.82) is 0 Å². The number of halogens is 1. The predicted octanol–water partition coefficient (Wildman–Crippen LogP) is 3.17. The Morgan fingerprint density at radius 3 is 2.39 bits per heavy atom. The van der Waals surface area contributed by atoms with Crippen molar-refractivity contribution in [3.05, 3.63) is 16.7 Å². The normalized spacial score (nSPS) is 18.8. The molecule has 0 aromatic carbocycles. The van der Waals surface area contributed by atoms with E-state index in [2.05, 4.69) is 15.2 Å². The number of amides is 2. The first-order chi connectivity index (χ1) is 15.6. The molecule has 2 saturated heterocycles. The van der Waals surface area contributed by atoms with Crippen LogP contribution < -0.4 is 15.8 Å². The summed E-state index contributed by atoms with van der Waals surface area (Å²) in [6.07, 6.45) is 3.51. The molecule has 0 saturated carbocycles. The second kappa shape index (κ2) is 10.8. The molecule has 0 bridgehead atoms. The van der Waals surface area contributed by atoms with E-state index in [1.165, 1.54) is 13.2 Å². The number of nitrogen functional groups attached to an aromatic ring is 1. The number of carbonyl (C=O) groups excluding carboxylic acids is 2. The zero-order chi connectivity index (χ0) is 24.2. The first-order valence-corrected chi connectivity index (χ1v) is 11.9. The molecule has 0 aliphatic carbocycles. The number of aromatic nitrogens is 1. The van der Waals surface area contributed by atoms with Crippen LogP contribution in [0.5, 0.6) is 5.88 Å². The molecule has 0 unspecified atom stereocenters. The van der Waals surface area contributed by atoms with Crippen molar-refractivity contribution in [2.45, 2.75) is 58.1 Å². The van der Waals surface area contributed by atoms with Gasteiger partial charge in [0.15, 0.2) is 0 Å². The summed E-state index contributed by atoms with van der Waals surface area (Å²) in [5.74, 6) is 0.621. The van der Waals surface area contributed by atoms with Gasteiger partial charge in [0.1, 0.15) is 17.0 Å². The molecule has 0 radical (unpaired) electrons. The minimum Gasteiger partial charge on any atom is -0.480 e. The van der Waals surface area contributed by atoms with Gasteiger partial charge in [0.2, 0.25) is 5.88 Å². The van der Waals surface area contributed by atoms with E-state index in [4.69, 9.17) is 26.8 Å². The summed E-state index contributed by atoms with van der Waals surface area (Å²) < 4.78 is 10.7. The zero-order valence-electron chi connectivity index (χ0n) is 20.0. The summed E-state index contributed by atoms with van der Waals surface area (Å²) in [5, 5.41) is 3.30. The van der Waals surface area contributed by atoms with Gasteiger partial charge in [0, 0.05) is 38.8 Å². The number of nitrogens with zero attached hydrogens (tertiary/aromatic N) is 3. The lowest BCUT2D eigenvalue weighted by molar-refractivity contribution is 0.0164. The third-order valence-corrected chi connectivity index (χ3v) is 6.41. The quantitative estimate of drug-likeness (QED) is 0.664.